The van der Waals surface area contributed by atoms with Gasteiger partial charge in [-0.1, -0.05) is 0 Å². The molecule has 1 aliphatic rings. The molecular weight excluding hydrogens is 240 g/mol. The maximum absolute atomic E-state index is 12.6. The standard InChI is InChI=1S/C15H18N2O2/c1-9-14(15(18)12-4-3-7-16-12)11-6-5-10(19-2)8-13(11)17-9/h5-6,8,12,16-17H,3-4,7H2,1-2H3. The minimum absolute atomic E-state index is 0.0280. The topological polar surface area (TPSA) is 54.1 Å². The molecular formula is C15H18N2O2. The summed E-state index contributed by atoms with van der Waals surface area (Å²) in [6, 6.07) is 5.76. The Kier molecular flexibility index (Phi) is 3.03. The first-order valence-electron chi connectivity index (χ1n) is 6.64. The summed E-state index contributed by atoms with van der Waals surface area (Å²) < 4.78 is 5.21. The molecule has 2 aromatic rings. The number of carbonyl (C=O) groups excluding carboxylic acids is 1. The summed E-state index contributed by atoms with van der Waals surface area (Å²) >= 11 is 0. The van der Waals surface area contributed by atoms with E-state index < -0.39 is 0 Å². The number of carbonyl (C=O) groups is 1. The third kappa shape index (κ3) is 2.02. The van der Waals surface area contributed by atoms with Crippen molar-refractivity contribution in [3.05, 3.63) is 29.5 Å². The fourth-order valence-electron chi connectivity index (χ4n) is 2.84. The number of aryl methyl sites for hydroxylation is 1. The molecule has 4 heteroatoms. The summed E-state index contributed by atoms with van der Waals surface area (Å²) in [7, 11) is 1.64. The second-order valence-corrected chi connectivity index (χ2v) is 5.05. The SMILES string of the molecule is COc1ccc2c(C(=O)C3CCCN3)c(C)[nH]c2c1. The fraction of sp³-hybridized carbons (Fsp3) is 0.400. The number of nitrogens with one attached hydrogen (secondary N) is 2. The summed E-state index contributed by atoms with van der Waals surface area (Å²) in [4.78, 5) is 15.9. The van der Waals surface area contributed by atoms with Crippen LogP contribution < -0.4 is 10.1 Å². The van der Waals surface area contributed by atoms with Crippen LogP contribution in [0.3, 0.4) is 0 Å². The van der Waals surface area contributed by atoms with E-state index in [0.29, 0.717) is 0 Å². The molecule has 1 unspecified atom stereocenters. The molecule has 4 nitrogen and oxygen atoms in total. The van der Waals surface area contributed by atoms with Crippen LogP contribution in [0.15, 0.2) is 18.2 Å². The normalized spacial score (nSPS) is 18.9. The Morgan fingerprint density at radius 2 is 2.26 bits per heavy atom. The number of fused-ring (bicyclic) bond motifs is 1. The van der Waals surface area contributed by atoms with E-state index in [4.69, 9.17) is 4.74 Å². The number of rotatable bonds is 3. The molecule has 2 heterocycles. The van der Waals surface area contributed by atoms with E-state index in [0.717, 1.165) is 47.3 Å². The van der Waals surface area contributed by atoms with Gasteiger partial charge in [-0.15, -0.1) is 0 Å². The van der Waals surface area contributed by atoms with Crippen LogP contribution in [-0.2, 0) is 0 Å². The molecule has 0 amide bonds. The van der Waals surface area contributed by atoms with Crippen LogP contribution in [0.25, 0.3) is 10.9 Å². The molecule has 100 valence electrons. The highest BCUT2D eigenvalue weighted by Crippen LogP contribution is 2.28. The van der Waals surface area contributed by atoms with Crippen LogP contribution in [0, 0.1) is 6.92 Å². The zero-order valence-electron chi connectivity index (χ0n) is 11.2. The van der Waals surface area contributed by atoms with Crippen molar-refractivity contribution in [1.82, 2.24) is 10.3 Å². The Labute approximate surface area is 112 Å². The van der Waals surface area contributed by atoms with E-state index in [2.05, 4.69) is 10.3 Å². The zero-order chi connectivity index (χ0) is 13.4. The molecule has 1 fully saturated rings. The van der Waals surface area contributed by atoms with Crippen molar-refractivity contribution in [2.24, 2.45) is 0 Å². The molecule has 1 aromatic heterocycles. The number of ether oxygens (including phenoxy) is 1. The fourth-order valence-corrected chi connectivity index (χ4v) is 2.84. The maximum atomic E-state index is 12.6. The Morgan fingerprint density at radius 3 is 2.95 bits per heavy atom. The van der Waals surface area contributed by atoms with Gasteiger partial charge in [-0.05, 0) is 38.4 Å². The summed E-state index contributed by atoms with van der Waals surface area (Å²) in [6.45, 7) is 2.89. The summed E-state index contributed by atoms with van der Waals surface area (Å²) in [5, 5.41) is 4.25. The number of ketones is 1. The van der Waals surface area contributed by atoms with Crippen molar-refractivity contribution >= 4 is 16.7 Å². The molecule has 1 aliphatic heterocycles. The molecule has 0 radical (unpaired) electrons. The number of aromatic amines is 1. The molecule has 1 saturated heterocycles. The van der Waals surface area contributed by atoms with Crippen LogP contribution in [-0.4, -0.2) is 30.5 Å². The Balaban J connectivity index is 2.07. The highest BCUT2D eigenvalue weighted by molar-refractivity contribution is 6.11. The number of hydrogen-bond acceptors (Lipinski definition) is 3. The second-order valence-electron chi connectivity index (χ2n) is 5.05. The van der Waals surface area contributed by atoms with Crippen molar-refractivity contribution < 1.29 is 9.53 Å². The van der Waals surface area contributed by atoms with Crippen molar-refractivity contribution in [3.8, 4) is 5.75 Å². The minimum atomic E-state index is -0.0280. The van der Waals surface area contributed by atoms with Gasteiger partial charge in [0.15, 0.2) is 5.78 Å². The van der Waals surface area contributed by atoms with E-state index >= 15 is 0 Å². The van der Waals surface area contributed by atoms with E-state index in [9.17, 15) is 4.79 Å². The molecule has 0 spiro atoms. The van der Waals surface area contributed by atoms with Crippen LogP contribution >= 0.6 is 0 Å². The van der Waals surface area contributed by atoms with E-state index in [1.54, 1.807) is 7.11 Å². The highest BCUT2D eigenvalue weighted by atomic mass is 16.5. The predicted molar refractivity (Wildman–Crippen MR) is 74.9 cm³/mol. The number of benzene rings is 1. The molecule has 1 aromatic carbocycles. The average Bonchev–Trinajstić information content (AvgIpc) is 3.03. The molecule has 0 saturated carbocycles. The van der Waals surface area contributed by atoms with Gasteiger partial charge in [0.1, 0.15) is 5.75 Å². The lowest BCUT2D eigenvalue weighted by Crippen LogP contribution is -2.31. The number of aromatic nitrogens is 1. The zero-order valence-corrected chi connectivity index (χ0v) is 11.2. The average molecular weight is 258 g/mol. The first-order valence-corrected chi connectivity index (χ1v) is 6.64. The summed E-state index contributed by atoms with van der Waals surface area (Å²) in [5.41, 5.74) is 2.71. The van der Waals surface area contributed by atoms with Crippen molar-refractivity contribution in [3.63, 3.8) is 0 Å². The molecule has 0 aliphatic carbocycles. The van der Waals surface area contributed by atoms with Crippen molar-refractivity contribution in [1.29, 1.82) is 0 Å². The van der Waals surface area contributed by atoms with E-state index in [1.165, 1.54) is 0 Å². The third-order valence-corrected chi connectivity index (χ3v) is 3.82. The van der Waals surface area contributed by atoms with Gasteiger partial charge in [-0.2, -0.15) is 0 Å². The first-order chi connectivity index (χ1) is 9.20. The van der Waals surface area contributed by atoms with Gasteiger partial charge in [0.05, 0.1) is 18.7 Å². The van der Waals surface area contributed by atoms with Gasteiger partial charge < -0.3 is 15.0 Å². The largest absolute Gasteiger partial charge is 0.497 e. The first kappa shape index (κ1) is 12.2. The molecule has 1 atom stereocenters. The van der Waals surface area contributed by atoms with Gasteiger partial charge in [-0.25, -0.2) is 0 Å². The third-order valence-electron chi connectivity index (χ3n) is 3.82. The molecule has 19 heavy (non-hydrogen) atoms. The van der Waals surface area contributed by atoms with Gasteiger partial charge in [0, 0.05) is 22.7 Å². The number of H-pyrrole nitrogens is 1. The predicted octanol–water partition coefficient (Wildman–Crippen LogP) is 2.42. The van der Waals surface area contributed by atoms with Crippen molar-refractivity contribution in [2.45, 2.75) is 25.8 Å². The van der Waals surface area contributed by atoms with Crippen LogP contribution in [0.4, 0.5) is 0 Å². The van der Waals surface area contributed by atoms with Crippen LogP contribution in [0.2, 0.25) is 0 Å². The van der Waals surface area contributed by atoms with Crippen molar-refractivity contribution in [2.75, 3.05) is 13.7 Å². The van der Waals surface area contributed by atoms with Gasteiger partial charge >= 0.3 is 0 Å². The number of methoxy groups -OCH3 is 1. The lowest BCUT2D eigenvalue weighted by atomic mass is 10.00. The lowest BCUT2D eigenvalue weighted by molar-refractivity contribution is 0.0953. The van der Waals surface area contributed by atoms with Crippen LogP contribution in [0.5, 0.6) is 5.75 Å². The summed E-state index contributed by atoms with van der Waals surface area (Å²) in [5.74, 6) is 0.998. The van der Waals surface area contributed by atoms with E-state index in [-0.39, 0.29) is 11.8 Å². The lowest BCUT2D eigenvalue weighted by Gasteiger charge is -2.09. The Bertz CT molecular complexity index is 624. The molecule has 3 rings (SSSR count). The molecule has 2 N–H and O–H groups in total. The van der Waals surface area contributed by atoms with Gasteiger partial charge in [0.25, 0.3) is 0 Å². The second kappa shape index (κ2) is 4.70. The van der Waals surface area contributed by atoms with E-state index in [1.807, 2.05) is 25.1 Å². The number of Topliss-reactive ketones (excluding diaryl/α,β-unsaturated/α-hetero) is 1. The number of hydrogen-bond donors (Lipinski definition) is 2. The maximum Gasteiger partial charge on any atom is 0.182 e. The van der Waals surface area contributed by atoms with Gasteiger partial charge in [0.2, 0.25) is 0 Å². The van der Waals surface area contributed by atoms with Crippen LogP contribution in [0.1, 0.15) is 28.9 Å². The minimum Gasteiger partial charge on any atom is -0.497 e. The smallest absolute Gasteiger partial charge is 0.182 e. The summed E-state index contributed by atoms with van der Waals surface area (Å²) in [6.07, 6.45) is 2.01. The monoisotopic (exact) mass is 258 g/mol. The quantitative estimate of drug-likeness (QED) is 0.831. The van der Waals surface area contributed by atoms with Gasteiger partial charge in [-0.3, -0.25) is 4.79 Å². The highest BCUT2D eigenvalue weighted by Gasteiger charge is 2.26. The Morgan fingerprint density at radius 1 is 1.42 bits per heavy atom. The Hall–Kier alpha value is -1.81. The molecule has 0 bridgehead atoms.